The molecule has 152 valence electrons. The minimum atomic E-state index is -0.0628. The Morgan fingerprint density at radius 1 is 1.22 bits per heavy atom. The summed E-state index contributed by atoms with van der Waals surface area (Å²) < 4.78 is 10.8. The second kappa shape index (κ2) is 13.6. The lowest BCUT2D eigenvalue weighted by molar-refractivity contribution is -0.149. The number of para-hydroxylation sites is 1. The molecule has 0 atom stereocenters. The maximum Gasteiger partial charge on any atom is 0.309 e. The van der Waals surface area contributed by atoms with E-state index >= 15 is 0 Å². The van der Waals surface area contributed by atoms with Crippen LogP contribution < -0.4 is 10.1 Å². The number of nitrogens with zero attached hydrogens (tertiary/aromatic N) is 2. The van der Waals surface area contributed by atoms with Crippen molar-refractivity contribution in [3.05, 3.63) is 30.3 Å². The van der Waals surface area contributed by atoms with E-state index in [1.807, 2.05) is 37.3 Å². The topological polar surface area (TPSA) is 63.2 Å². The molecule has 0 amide bonds. The molecule has 7 heteroatoms. The van der Waals surface area contributed by atoms with Crippen molar-refractivity contribution in [3.8, 4) is 5.75 Å². The summed E-state index contributed by atoms with van der Waals surface area (Å²) in [6.45, 7) is 8.23. The van der Waals surface area contributed by atoms with Gasteiger partial charge in [-0.05, 0) is 38.8 Å². The lowest BCUT2D eigenvalue weighted by Gasteiger charge is -2.33. The maximum absolute atomic E-state index is 11.9. The van der Waals surface area contributed by atoms with Crippen molar-refractivity contribution >= 4 is 35.9 Å². The summed E-state index contributed by atoms with van der Waals surface area (Å²) in [4.78, 5) is 18.8. The fraction of sp³-hybridized carbons (Fsp3) is 0.600. The second-order valence-corrected chi connectivity index (χ2v) is 6.26. The molecular formula is C20H32IN3O3. The van der Waals surface area contributed by atoms with Crippen LogP contribution in [0.2, 0.25) is 0 Å². The average Bonchev–Trinajstić information content (AvgIpc) is 2.68. The summed E-state index contributed by atoms with van der Waals surface area (Å²) in [7, 11) is 0. The Kier molecular flexibility index (Phi) is 11.9. The van der Waals surface area contributed by atoms with Crippen LogP contribution in [0.15, 0.2) is 35.3 Å². The highest BCUT2D eigenvalue weighted by Gasteiger charge is 2.27. The Bertz CT molecular complexity index is 561. The first-order valence-electron chi connectivity index (χ1n) is 9.62. The molecule has 0 aliphatic carbocycles. The van der Waals surface area contributed by atoms with Gasteiger partial charge < -0.3 is 19.7 Å². The van der Waals surface area contributed by atoms with Gasteiger partial charge in [-0.3, -0.25) is 9.79 Å². The van der Waals surface area contributed by atoms with Crippen LogP contribution >= 0.6 is 24.0 Å². The molecule has 1 aromatic carbocycles. The van der Waals surface area contributed by atoms with Crippen molar-refractivity contribution in [2.24, 2.45) is 10.9 Å². The summed E-state index contributed by atoms with van der Waals surface area (Å²) >= 11 is 0. The Hall–Kier alpha value is -1.51. The van der Waals surface area contributed by atoms with E-state index in [2.05, 4.69) is 17.1 Å². The number of carbonyl (C=O) groups excluding carboxylic acids is 1. The van der Waals surface area contributed by atoms with E-state index in [0.29, 0.717) is 19.8 Å². The van der Waals surface area contributed by atoms with Gasteiger partial charge in [-0.1, -0.05) is 18.2 Å². The summed E-state index contributed by atoms with van der Waals surface area (Å²) in [6.07, 6.45) is 2.50. The highest BCUT2D eigenvalue weighted by Crippen LogP contribution is 2.18. The van der Waals surface area contributed by atoms with Crippen LogP contribution in [0.25, 0.3) is 0 Å². The molecule has 2 rings (SSSR count). The summed E-state index contributed by atoms with van der Waals surface area (Å²) in [6, 6.07) is 9.83. The fourth-order valence-corrected chi connectivity index (χ4v) is 2.97. The molecule has 1 saturated heterocycles. The minimum absolute atomic E-state index is 0. The molecule has 0 aromatic heterocycles. The number of ether oxygens (including phenoxy) is 2. The number of benzene rings is 1. The van der Waals surface area contributed by atoms with Crippen LogP contribution in [0, 0.1) is 5.92 Å². The van der Waals surface area contributed by atoms with Crippen LogP contribution in [0.3, 0.4) is 0 Å². The number of hydrogen-bond acceptors (Lipinski definition) is 4. The van der Waals surface area contributed by atoms with Crippen molar-refractivity contribution in [3.63, 3.8) is 0 Å². The molecule has 1 N–H and O–H groups in total. The van der Waals surface area contributed by atoms with E-state index in [9.17, 15) is 4.79 Å². The minimum Gasteiger partial charge on any atom is -0.494 e. The normalized spacial score (nSPS) is 15.0. The zero-order chi connectivity index (χ0) is 18.6. The molecule has 0 saturated carbocycles. The van der Waals surface area contributed by atoms with Crippen LogP contribution in [0.1, 0.15) is 33.1 Å². The molecule has 0 radical (unpaired) electrons. The molecule has 0 bridgehead atoms. The standard InChI is InChI=1S/C20H31N3O3.HI/c1-3-21-20(22-13-8-16-26-18-9-6-5-7-10-18)23-14-11-17(12-15-23)19(24)25-4-2;/h5-7,9-10,17H,3-4,8,11-16H2,1-2H3,(H,21,22);1H. The smallest absolute Gasteiger partial charge is 0.309 e. The lowest BCUT2D eigenvalue weighted by Crippen LogP contribution is -2.46. The van der Waals surface area contributed by atoms with Gasteiger partial charge in [0.25, 0.3) is 0 Å². The van der Waals surface area contributed by atoms with E-state index in [1.54, 1.807) is 0 Å². The average molecular weight is 489 g/mol. The van der Waals surface area contributed by atoms with E-state index in [-0.39, 0.29) is 35.9 Å². The van der Waals surface area contributed by atoms with Crippen molar-refractivity contribution in [2.75, 3.05) is 39.4 Å². The number of aliphatic imine (C=N–C) groups is 1. The van der Waals surface area contributed by atoms with Gasteiger partial charge in [0.05, 0.1) is 19.1 Å². The lowest BCUT2D eigenvalue weighted by atomic mass is 9.97. The molecule has 0 spiro atoms. The summed E-state index contributed by atoms with van der Waals surface area (Å²) in [5.74, 6) is 1.78. The molecular weight excluding hydrogens is 457 g/mol. The Balaban J connectivity index is 0.00000364. The molecule has 6 nitrogen and oxygen atoms in total. The van der Waals surface area contributed by atoms with E-state index in [0.717, 1.165) is 50.6 Å². The van der Waals surface area contributed by atoms with Gasteiger partial charge in [-0.15, -0.1) is 24.0 Å². The third-order valence-electron chi connectivity index (χ3n) is 4.33. The number of carbonyl (C=O) groups is 1. The van der Waals surface area contributed by atoms with Gasteiger partial charge in [0.1, 0.15) is 5.75 Å². The van der Waals surface area contributed by atoms with E-state index in [4.69, 9.17) is 14.5 Å². The first-order chi connectivity index (χ1) is 12.7. The first kappa shape index (κ1) is 23.5. The van der Waals surface area contributed by atoms with Gasteiger partial charge in [-0.2, -0.15) is 0 Å². The van der Waals surface area contributed by atoms with E-state index in [1.165, 1.54) is 0 Å². The summed E-state index contributed by atoms with van der Waals surface area (Å²) in [5, 5.41) is 3.35. The number of esters is 1. The molecule has 1 heterocycles. The first-order valence-corrected chi connectivity index (χ1v) is 9.62. The number of likely N-dealkylation sites (tertiary alicyclic amines) is 1. The van der Waals surface area contributed by atoms with E-state index < -0.39 is 0 Å². The highest BCUT2D eigenvalue weighted by molar-refractivity contribution is 14.0. The molecule has 1 aliphatic rings. The van der Waals surface area contributed by atoms with Crippen molar-refractivity contribution in [2.45, 2.75) is 33.1 Å². The third kappa shape index (κ3) is 8.36. The van der Waals surface area contributed by atoms with Crippen molar-refractivity contribution in [1.82, 2.24) is 10.2 Å². The van der Waals surface area contributed by atoms with Crippen molar-refractivity contribution < 1.29 is 14.3 Å². The number of hydrogen-bond donors (Lipinski definition) is 1. The van der Waals surface area contributed by atoms with Gasteiger partial charge in [0.2, 0.25) is 0 Å². The predicted molar refractivity (Wildman–Crippen MR) is 119 cm³/mol. The monoisotopic (exact) mass is 489 g/mol. The zero-order valence-electron chi connectivity index (χ0n) is 16.4. The quantitative estimate of drug-likeness (QED) is 0.200. The number of piperidine rings is 1. The number of nitrogens with one attached hydrogen (secondary N) is 1. The number of guanidine groups is 1. The second-order valence-electron chi connectivity index (χ2n) is 6.26. The van der Waals surface area contributed by atoms with Crippen LogP contribution in [0.5, 0.6) is 5.75 Å². The van der Waals surface area contributed by atoms with Crippen LogP contribution in [0.4, 0.5) is 0 Å². The molecule has 1 fully saturated rings. The van der Waals surface area contributed by atoms with Crippen LogP contribution in [-0.4, -0.2) is 56.2 Å². The number of rotatable bonds is 8. The van der Waals surface area contributed by atoms with Crippen molar-refractivity contribution in [1.29, 1.82) is 0 Å². The third-order valence-corrected chi connectivity index (χ3v) is 4.33. The molecule has 1 aromatic rings. The maximum atomic E-state index is 11.9. The predicted octanol–water partition coefficient (Wildman–Crippen LogP) is 3.31. The number of halogens is 1. The SMILES string of the molecule is CCNC(=NCCCOc1ccccc1)N1CCC(C(=O)OCC)CC1.I. The van der Waals surface area contributed by atoms with Gasteiger partial charge in [0, 0.05) is 32.6 Å². The molecule has 27 heavy (non-hydrogen) atoms. The zero-order valence-corrected chi connectivity index (χ0v) is 18.7. The Morgan fingerprint density at radius 2 is 1.93 bits per heavy atom. The van der Waals surface area contributed by atoms with Gasteiger partial charge in [-0.25, -0.2) is 0 Å². The largest absolute Gasteiger partial charge is 0.494 e. The van der Waals surface area contributed by atoms with Gasteiger partial charge in [0.15, 0.2) is 5.96 Å². The highest BCUT2D eigenvalue weighted by atomic mass is 127. The molecule has 1 aliphatic heterocycles. The fourth-order valence-electron chi connectivity index (χ4n) is 2.97. The molecule has 0 unspecified atom stereocenters. The summed E-state index contributed by atoms with van der Waals surface area (Å²) in [5.41, 5.74) is 0. The Morgan fingerprint density at radius 3 is 2.56 bits per heavy atom. The van der Waals surface area contributed by atoms with Crippen LogP contribution in [-0.2, 0) is 9.53 Å². The van der Waals surface area contributed by atoms with Gasteiger partial charge >= 0.3 is 5.97 Å². The Labute approximate surface area is 179 Å².